The Hall–Kier alpha value is -1.10. The number of benzene rings is 1. The first kappa shape index (κ1) is 17.3. The van der Waals surface area contributed by atoms with Crippen LogP contribution in [0.2, 0.25) is 0 Å². The monoisotopic (exact) mass is 324 g/mol. The molecule has 22 heavy (non-hydrogen) atoms. The van der Waals surface area contributed by atoms with E-state index in [0.717, 1.165) is 18.5 Å². The number of carbonyl (C=O) groups is 1. The van der Waals surface area contributed by atoms with Crippen LogP contribution in [-0.2, 0) is 9.53 Å². The van der Waals surface area contributed by atoms with Crippen LogP contribution in [0.15, 0.2) is 30.3 Å². The van der Waals surface area contributed by atoms with Gasteiger partial charge in [0.05, 0.1) is 19.2 Å². The van der Waals surface area contributed by atoms with Crippen molar-refractivity contribution in [2.45, 2.75) is 44.4 Å². The number of nitrogens with one attached hydrogen (secondary N) is 1. The van der Waals surface area contributed by atoms with Crippen molar-refractivity contribution in [3.05, 3.63) is 35.9 Å². The second-order valence-corrected chi connectivity index (χ2v) is 6.13. The average molecular weight is 325 g/mol. The van der Waals surface area contributed by atoms with Crippen molar-refractivity contribution in [2.24, 2.45) is 0 Å². The van der Waals surface area contributed by atoms with E-state index >= 15 is 0 Å². The summed E-state index contributed by atoms with van der Waals surface area (Å²) in [6, 6.07) is 10.7. The van der Waals surface area contributed by atoms with E-state index in [2.05, 4.69) is 24.4 Å². The van der Waals surface area contributed by atoms with E-state index in [1.54, 1.807) is 0 Å². The van der Waals surface area contributed by atoms with Crippen molar-refractivity contribution >= 4 is 18.3 Å². The lowest BCUT2D eigenvalue weighted by molar-refractivity contribution is -0.145. The van der Waals surface area contributed by atoms with Crippen molar-refractivity contribution in [2.75, 3.05) is 19.7 Å². The minimum absolute atomic E-state index is 0. The lowest BCUT2D eigenvalue weighted by Crippen LogP contribution is -2.49. The Morgan fingerprint density at radius 3 is 2.82 bits per heavy atom. The Morgan fingerprint density at radius 2 is 2.14 bits per heavy atom. The molecule has 2 saturated heterocycles. The van der Waals surface area contributed by atoms with Gasteiger partial charge >= 0.3 is 0 Å². The fraction of sp³-hybridized carbons (Fsp3) is 0.588. The van der Waals surface area contributed by atoms with E-state index in [1.807, 2.05) is 23.1 Å². The van der Waals surface area contributed by atoms with Crippen LogP contribution in [0, 0.1) is 0 Å². The average Bonchev–Trinajstić information content (AvgIpc) is 3.01. The molecular formula is C17H25ClN2O2. The van der Waals surface area contributed by atoms with Crippen LogP contribution < -0.4 is 5.32 Å². The molecule has 4 nitrogen and oxygen atoms in total. The quantitative estimate of drug-likeness (QED) is 0.929. The number of carbonyl (C=O) groups excluding carboxylic acids is 1. The largest absolute Gasteiger partial charge is 0.370 e. The molecule has 1 amide bonds. The highest BCUT2D eigenvalue weighted by Gasteiger charge is 2.31. The molecule has 1 aromatic rings. The number of halogens is 1. The van der Waals surface area contributed by atoms with E-state index in [9.17, 15) is 4.79 Å². The van der Waals surface area contributed by atoms with Crippen LogP contribution in [0.3, 0.4) is 0 Å². The molecule has 0 radical (unpaired) electrons. The standard InChI is InChI=1S/C17H24N2O2.ClH/c1-13-12-21-16(14-6-3-2-4-7-14)11-19(13)17(20)10-15-8-5-9-18-15;/h2-4,6-7,13,15-16,18H,5,8-12H2,1H3;1H. The summed E-state index contributed by atoms with van der Waals surface area (Å²) in [4.78, 5) is 14.6. The van der Waals surface area contributed by atoms with Crippen molar-refractivity contribution in [1.82, 2.24) is 10.2 Å². The van der Waals surface area contributed by atoms with Gasteiger partial charge in [-0.1, -0.05) is 30.3 Å². The zero-order valence-electron chi connectivity index (χ0n) is 13.0. The number of nitrogens with zero attached hydrogens (tertiary/aromatic N) is 1. The molecule has 1 aromatic carbocycles. The van der Waals surface area contributed by atoms with Crippen molar-refractivity contribution < 1.29 is 9.53 Å². The Morgan fingerprint density at radius 1 is 1.36 bits per heavy atom. The molecule has 3 atom stereocenters. The highest BCUT2D eigenvalue weighted by atomic mass is 35.5. The molecule has 0 bridgehead atoms. The molecular weight excluding hydrogens is 300 g/mol. The van der Waals surface area contributed by atoms with Crippen molar-refractivity contribution in [3.63, 3.8) is 0 Å². The SMILES string of the molecule is CC1COC(c2ccccc2)CN1C(=O)CC1CCCN1.Cl. The maximum Gasteiger partial charge on any atom is 0.224 e. The van der Waals surface area contributed by atoms with E-state index in [-0.39, 0.29) is 30.5 Å². The van der Waals surface area contributed by atoms with Crippen LogP contribution in [0.1, 0.15) is 37.9 Å². The van der Waals surface area contributed by atoms with Crippen molar-refractivity contribution in [3.8, 4) is 0 Å². The van der Waals surface area contributed by atoms with Gasteiger partial charge in [0.1, 0.15) is 6.10 Å². The minimum atomic E-state index is 0. The topological polar surface area (TPSA) is 41.6 Å². The highest BCUT2D eigenvalue weighted by molar-refractivity contribution is 5.85. The maximum atomic E-state index is 12.6. The van der Waals surface area contributed by atoms with Crippen LogP contribution in [-0.4, -0.2) is 42.6 Å². The molecule has 2 heterocycles. The van der Waals surface area contributed by atoms with Gasteiger partial charge in [-0.05, 0) is 31.9 Å². The maximum absolute atomic E-state index is 12.6. The molecule has 0 aliphatic carbocycles. The predicted octanol–water partition coefficient (Wildman–Crippen LogP) is 2.54. The second kappa shape index (κ2) is 7.95. The van der Waals surface area contributed by atoms with Crippen LogP contribution in [0.4, 0.5) is 0 Å². The van der Waals surface area contributed by atoms with E-state index in [4.69, 9.17) is 4.74 Å². The van der Waals surface area contributed by atoms with Gasteiger partial charge in [0.25, 0.3) is 0 Å². The van der Waals surface area contributed by atoms with Gasteiger partial charge in [-0.25, -0.2) is 0 Å². The molecule has 2 aliphatic rings. The summed E-state index contributed by atoms with van der Waals surface area (Å²) in [6.45, 7) is 4.39. The summed E-state index contributed by atoms with van der Waals surface area (Å²) in [5.74, 6) is 0.256. The summed E-state index contributed by atoms with van der Waals surface area (Å²) in [7, 11) is 0. The lowest BCUT2D eigenvalue weighted by atomic mass is 10.0. The highest BCUT2D eigenvalue weighted by Crippen LogP contribution is 2.25. The number of hydrogen-bond donors (Lipinski definition) is 1. The van der Waals surface area contributed by atoms with Crippen LogP contribution in [0.5, 0.6) is 0 Å². The number of amides is 1. The summed E-state index contributed by atoms with van der Waals surface area (Å²) in [5.41, 5.74) is 1.15. The Kier molecular flexibility index (Phi) is 6.24. The Bertz CT molecular complexity index is 477. The van der Waals surface area contributed by atoms with Gasteiger partial charge in [0, 0.05) is 12.5 Å². The fourth-order valence-electron chi connectivity index (χ4n) is 3.23. The van der Waals surface area contributed by atoms with Gasteiger partial charge < -0.3 is 15.0 Å². The number of morpholine rings is 1. The van der Waals surface area contributed by atoms with Gasteiger partial charge in [-0.3, -0.25) is 4.79 Å². The first-order chi connectivity index (χ1) is 10.2. The molecule has 122 valence electrons. The summed E-state index contributed by atoms with van der Waals surface area (Å²) in [6.07, 6.45) is 2.92. The first-order valence-corrected chi connectivity index (χ1v) is 7.93. The van der Waals surface area contributed by atoms with Crippen LogP contribution >= 0.6 is 12.4 Å². The fourth-order valence-corrected chi connectivity index (χ4v) is 3.23. The second-order valence-electron chi connectivity index (χ2n) is 6.13. The van der Waals surface area contributed by atoms with Crippen LogP contribution in [0.25, 0.3) is 0 Å². The minimum Gasteiger partial charge on any atom is -0.370 e. The van der Waals surface area contributed by atoms with E-state index in [0.29, 0.717) is 25.6 Å². The van der Waals surface area contributed by atoms with Gasteiger partial charge in [-0.15, -0.1) is 12.4 Å². The van der Waals surface area contributed by atoms with E-state index < -0.39 is 0 Å². The van der Waals surface area contributed by atoms with Crippen molar-refractivity contribution in [1.29, 1.82) is 0 Å². The zero-order valence-corrected chi connectivity index (χ0v) is 13.8. The summed E-state index contributed by atoms with van der Waals surface area (Å²) >= 11 is 0. The lowest BCUT2D eigenvalue weighted by Gasteiger charge is -2.38. The predicted molar refractivity (Wildman–Crippen MR) is 89.2 cm³/mol. The number of ether oxygens (including phenoxy) is 1. The van der Waals surface area contributed by atoms with Gasteiger partial charge in [0.15, 0.2) is 0 Å². The van der Waals surface area contributed by atoms with Gasteiger partial charge in [-0.2, -0.15) is 0 Å². The third-order valence-corrected chi connectivity index (χ3v) is 4.51. The zero-order chi connectivity index (χ0) is 14.7. The molecule has 2 aliphatic heterocycles. The first-order valence-electron chi connectivity index (χ1n) is 7.93. The smallest absolute Gasteiger partial charge is 0.224 e. The summed E-state index contributed by atoms with van der Waals surface area (Å²) in [5, 5.41) is 3.41. The Balaban J connectivity index is 0.00000176. The third-order valence-electron chi connectivity index (χ3n) is 4.51. The molecule has 2 fully saturated rings. The summed E-state index contributed by atoms with van der Waals surface area (Å²) < 4.78 is 5.92. The molecule has 0 saturated carbocycles. The molecule has 1 N–H and O–H groups in total. The molecule has 0 aromatic heterocycles. The molecule has 5 heteroatoms. The molecule has 0 spiro atoms. The van der Waals surface area contributed by atoms with Gasteiger partial charge in [0.2, 0.25) is 5.91 Å². The number of hydrogen-bond acceptors (Lipinski definition) is 3. The third kappa shape index (κ3) is 4.00. The molecule has 3 rings (SSSR count). The van der Waals surface area contributed by atoms with E-state index in [1.165, 1.54) is 6.42 Å². The Labute approximate surface area is 138 Å². The number of rotatable bonds is 3. The molecule has 3 unspecified atom stereocenters. The normalized spacial score (nSPS) is 28.2.